The van der Waals surface area contributed by atoms with Crippen molar-refractivity contribution < 1.29 is 23.6 Å². The maximum Gasteiger partial charge on any atom is 0.338 e. The lowest BCUT2D eigenvalue weighted by molar-refractivity contribution is 0.0430. The molecule has 0 unspecified atom stereocenters. The second-order valence-corrected chi connectivity index (χ2v) is 4.64. The molecule has 1 N–H and O–H groups in total. The Morgan fingerprint density at radius 2 is 1.83 bits per heavy atom. The largest absolute Gasteiger partial charge is 0.508 e. The molecule has 0 bridgehead atoms. The van der Waals surface area contributed by atoms with Gasteiger partial charge in [0.1, 0.15) is 11.6 Å². The van der Waals surface area contributed by atoms with Crippen LogP contribution >= 0.6 is 0 Å². The first-order chi connectivity index (χ1) is 11.1. The van der Waals surface area contributed by atoms with Gasteiger partial charge >= 0.3 is 5.97 Å². The van der Waals surface area contributed by atoms with Crippen molar-refractivity contribution in [1.29, 1.82) is 0 Å². The molecule has 0 saturated carbocycles. The van der Waals surface area contributed by atoms with Crippen molar-refractivity contribution in [2.45, 2.75) is 6.61 Å². The van der Waals surface area contributed by atoms with E-state index in [1.807, 2.05) is 0 Å². The summed E-state index contributed by atoms with van der Waals surface area (Å²) in [6, 6.07) is 11.3. The summed E-state index contributed by atoms with van der Waals surface area (Å²) < 4.78 is 22.9. The monoisotopic (exact) mass is 314 g/mol. The first-order valence-electron chi connectivity index (χ1n) is 6.66. The third-order valence-corrected chi connectivity index (χ3v) is 3.00. The van der Waals surface area contributed by atoms with Gasteiger partial charge in [0.15, 0.2) is 6.61 Å². The number of aromatic hydroxyl groups is 1. The minimum Gasteiger partial charge on any atom is -0.508 e. The Hall–Kier alpha value is -3.22. The smallest absolute Gasteiger partial charge is 0.338 e. The number of carbonyl (C=O) groups excluding carboxylic acids is 1. The minimum absolute atomic E-state index is 0.0578. The van der Waals surface area contributed by atoms with Gasteiger partial charge in [0.2, 0.25) is 5.82 Å². The molecule has 0 aliphatic rings. The molecule has 0 atom stereocenters. The first-order valence-corrected chi connectivity index (χ1v) is 6.66. The number of benzene rings is 2. The minimum atomic E-state index is -0.577. The summed E-state index contributed by atoms with van der Waals surface area (Å²) in [6.45, 7) is -0.187. The fraction of sp³-hybridized carbons (Fsp3) is 0.0625. The van der Waals surface area contributed by atoms with E-state index in [4.69, 9.17) is 14.4 Å². The van der Waals surface area contributed by atoms with Crippen LogP contribution in [0.4, 0.5) is 4.39 Å². The van der Waals surface area contributed by atoms with Crippen molar-refractivity contribution in [3.05, 3.63) is 65.8 Å². The molecule has 0 aliphatic heterocycles. The molecular weight excluding hydrogens is 303 g/mol. The summed E-state index contributed by atoms with van der Waals surface area (Å²) in [5, 5.41) is 12.9. The highest BCUT2D eigenvalue weighted by Crippen LogP contribution is 2.17. The molecule has 1 heterocycles. The molecule has 7 heteroatoms. The maximum absolute atomic E-state index is 12.9. The summed E-state index contributed by atoms with van der Waals surface area (Å²) in [6.07, 6.45) is 0. The molecule has 0 aliphatic carbocycles. The summed E-state index contributed by atoms with van der Waals surface area (Å²) in [5.41, 5.74) is 0.882. The summed E-state index contributed by atoms with van der Waals surface area (Å²) >= 11 is 0. The van der Waals surface area contributed by atoms with Gasteiger partial charge in [0.25, 0.3) is 5.89 Å². The van der Waals surface area contributed by atoms with E-state index in [0.717, 1.165) is 0 Å². The molecule has 3 aromatic rings. The van der Waals surface area contributed by atoms with Crippen LogP contribution in [0.3, 0.4) is 0 Å². The second-order valence-electron chi connectivity index (χ2n) is 4.64. The van der Waals surface area contributed by atoms with E-state index >= 15 is 0 Å². The fourth-order valence-electron chi connectivity index (χ4n) is 1.84. The molecule has 0 amide bonds. The van der Waals surface area contributed by atoms with Gasteiger partial charge in [-0.25, -0.2) is 9.18 Å². The van der Waals surface area contributed by atoms with Crippen LogP contribution in [0.1, 0.15) is 16.2 Å². The van der Waals surface area contributed by atoms with Crippen LogP contribution in [0.5, 0.6) is 5.75 Å². The average molecular weight is 314 g/mol. The van der Waals surface area contributed by atoms with Gasteiger partial charge < -0.3 is 14.4 Å². The van der Waals surface area contributed by atoms with Gasteiger partial charge in [-0.05, 0) is 48.5 Å². The number of carbonyl (C=O) groups is 1. The molecule has 1 aromatic heterocycles. The molecule has 0 radical (unpaired) electrons. The Labute approximate surface area is 130 Å². The number of phenolic OH excluding ortho intramolecular Hbond substituents is 1. The number of esters is 1. The maximum atomic E-state index is 12.9. The summed E-state index contributed by atoms with van der Waals surface area (Å²) in [7, 11) is 0. The van der Waals surface area contributed by atoms with Crippen molar-refractivity contribution in [2.24, 2.45) is 0 Å². The number of phenols is 1. The Morgan fingerprint density at radius 1 is 1.13 bits per heavy atom. The number of halogens is 1. The molecule has 116 valence electrons. The topological polar surface area (TPSA) is 85.5 Å². The predicted molar refractivity (Wildman–Crippen MR) is 76.9 cm³/mol. The van der Waals surface area contributed by atoms with Crippen LogP contribution in [-0.2, 0) is 11.3 Å². The number of hydrogen-bond acceptors (Lipinski definition) is 6. The second kappa shape index (κ2) is 6.27. The Bertz CT molecular complexity index is 813. The van der Waals surface area contributed by atoms with Crippen LogP contribution < -0.4 is 0 Å². The van der Waals surface area contributed by atoms with E-state index < -0.39 is 5.97 Å². The van der Waals surface area contributed by atoms with Crippen molar-refractivity contribution in [1.82, 2.24) is 10.1 Å². The van der Waals surface area contributed by atoms with E-state index in [1.165, 1.54) is 48.5 Å². The van der Waals surface area contributed by atoms with E-state index in [2.05, 4.69) is 10.1 Å². The van der Waals surface area contributed by atoms with Gasteiger partial charge in [0, 0.05) is 5.56 Å². The standard InChI is InChI=1S/C16H11FN2O4/c17-12-5-1-10(2-6-12)15-18-14(23-19-15)9-22-16(21)11-3-7-13(20)8-4-11/h1-8,20H,9H2. The summed E-state index contributed by atoms with van der Waals surface area (Å²) in [4.78, 5) is 15.9. The zero-order chi connectivity index (χ0) is 16.2. The third kappa shape index (κ3) is 3.52. The Kier molecular flexibility index (Phi) is 4.01. The summed E-state index contributed by atoms with van der Waals surface area (Å²) in [5.74, 6) is -0.480. The van der Waals surface area contributed by atoms with Crippen LogP contribution in [0, 0.1) is 5.82 Å². The van der Waals surface area contributed by atoms with Crippen LogP contribution in [0.25, 0.3) is 11.4 Å². The number of hydrogen-bond donors (Lipinski definition) is 1. The van der Waals surface area contributed by atoms with Crippen LogP contribution in [0.2, 0.25) is 0 Å². The highest BCUT2D eigenvalue weighted by Gasteiger charge is 2.12. The number of aromatic nitrogens is 2. The van der Waals surface area contributed by atoms with Gasteiger partial charge in [-0.3, -0.25) is 0 Å². The highest BCUT2D eigenvalue weighted by atomic mass is 19.1. The van der Waals surface area contributed by atoms with Gasteiger partial charge in [-0.1, -0.05) is 5.16 Å². The number of rotatable bonds is 4. The van der Waals surface area contributed by atoms with Crippen molar-refractivity contribution in [3.63, 3.8) is 0 Å². The van der Waals surface area contributed by atoms with E-state index in [0.29, 0.717) is 11.1 Å². The normalized spacial score (nSPS) is 10.5. The quantitative estimate of drug-likeness (QED) is 0.745. The molecule has 0 saturated heterocycles. The SMILES string of the molecule is O=C(OCc1nc(-c2ccc(F)cc2)no1)c1ccc(O)cc1. The van der Waals surface area contributed by atoms with Crippen LogP contribution in [0.15, 0.2) is 53.1 Å². The van der Waals surface area contributed by atoms with Gasteiger partial charge in [-0.2, -0.15) is 4.98 Å². The van der Waals surface area contributed by atoms with E-state index in [1.54, 1.807) is 0 Å². The molecule has 0 fully saturated rings. The number of ether oxygens (including phenoxy) is 1. The van der Waals surface area contributed by atoms with E-state index in [9.17, 15) is 9.18 Å². The van der Waals surface area contributed by atoms with Gasteiger partial charge in [0.05, 0.1) is 5.56 Å². The number of nitrogens with zero attached hydrogens (tertiary/aromatic N) is 2. The molecular formula is C16H11FN2O4. The van der Waals surface area contributed by atoms with Crippen LogP contribution in [-0.4, -0.2) is 21.2 Å². The molecule has 3 rings (SSSR count). The third-order valence-electron chi connectivity index (χ3n) is 3.00. The average Bonchev–Trinajstić information content (AvgIpc) is 3.03. The van der Waals surface area contributed by atoms with Crippen molar-refractivity contribution in [3.8, 4) is 17.1 Å². The van der Waals surface area contributed by atoms with Crippen molar-refractivity contribution >= 4 is 5.97 Å². The zero-order valence-electron chi connectivity index (χ0n) is 11.8. The Morgan fingerprint density at radius 3 is 2.52 bits per heavy atom. The zero-order valence-corrected chi connectivity index (χ0v) is 11.8. The first kappa shape index (κ1) is 14.7. The van der Waals surface area contributed by atoms with Gasteiger partial charge in [-0.15, -0.1) is 0 Å². The predicted octanol–water partition coefficient (Wildman–Crippen LogP) is 2.94. The molecule has 23 heavy (non-hydrogen) atoms. The lowest BCUT2D eigenvalue weighted by Gasteiger charge is -2.01. The highest BCUT2D eigenvalue weighted by molar-refractivity contribution is 5.89. The van der Waals surface area contributed by atoms with Crippen molar-refractivity contribution in [2.75, 3.05) is 0 Å². The lowest BCUT2D eigenvalue weighted by Crippen LogP contribution is -2.05. The molecule has 6 nitrogen and oxygen atoms in total. The molecule has 0 spiro atoms. The Balaban J connectivity index is 1.64. The molecule has 2 aromatic carbocycles. The lowest BCUT2D eigenvalue weighted by atomic mass is 10.2. The fourth-order valence-corrected chi connectivity index (χ4v) is 1.84. The van der Waals surface area contributed by atoms with E-state index in [-0.39, 0.29) is 29.9 Å².